The number of nitrogens with zero attached hydrogens (tertiary/aromatic N) is 4. The number of rotatable bonds is 16. The van der Waals surface area contributed by atoms with Gasteiger partial charge in [-0.25, -0.2) is 41.7 Å². The number of aromatic amines is 2. The number of nitrogens with one attached hydrogen (secondary N) is 5. The molecule has 8 rings (SSSR count). The monoisotopic (exact) mass is 1180 g/mol. The van der Waals surface area contributed by atoms with Crippen LogP contribution < -0.4 is 21.7 Å². The number of aromatic nitrogens is 6. The maximum Gasteiger partial charge on any atom is 0.355 e. The molecule has 6 aromatic heterocycles. The lowest BCUT2D eigenvalue weighted by Crippen LogP contribution is -2.18. The number of benzene rings is 2. The van der Waals surface area contributed by atoms with Gasteiger partial charge in [0.25, 0.3) is 10.0 Å². The lowest BCUT2D eigenvalue weighted by molar-refractivity contribution is 0.0591. The van der Waals surface area contributed by atoms with E-state index in [0.29, 0.717) is 48.7 Å². The van der Waals surface area contributed by atoms with Crippen LogP contribution in [0.2, 0.25) is 20.1 Å². The fraction of sp³-hybridized carbons (Fsp3) is 0.236. The van der Waals surface area contributed by atoms with Gasteiger partial charge in [-0.3, -0.25) is 0 Å². The second-order valence-electron chi connectivity index (χ2n) is 18.3. The maximum atomic E-state index is 13.2. The third-order valence-corrected chi connectivity index (χ3v) is 13.7. The minimum Gasteiger partial charge on any atom is -0.477 e. The minimum absolute atomic E-state index is 0.0552. The molecular formula is C55H60Cl4N10O9S. The number of aromatic carboxylic acids is 2. The average Bonchev–Trinajstić information content (AvgIpc) is 4.20. The van der Waals surface area contributed by atoms with E-state index in [1.165, 1.54) is 37.7 Å². The molecule has 0 saturated carbocycles. The van der Waals surface area contributed by atoms with Crippen molar-refractivity contribution in [3.63, 3.8) is 0 Å². The second-order valence-corrected chi connectivity index (χ2v) is 21.8. The average molecular weight is 1180 g/mol. The fourth-order valence-corrected chi connectivity index (χ4v) is 9.34. The van der Waals surface area contributed by atoms with Gasteiger partial charge in [0.15, 0.2) is 0 Å². The van der Waals surface area contributed by atoms with Crippen LogP contribution in [0.5, 0.6) is 0 Å². The molecular weight excluding hydrogens is 1120 g/mol. The van der Waals surface area contributed by atoms with Crippen LogP contribution in [0.25, 0.3) is 33.4 Å². The van der Waals surface area contributed by atoms with E-state index in [-0.39, 0.29) is 52.8 Å². The first-order chi connectivity index (χ1) is 37.3. The Morgan fingerprint density at radius 1 is 0.658 bits per heavy atom. The predicted molar refractivity (Wildman–Crippen MR) is 312 cm³/mol. The number of anilines is 3. The molecule has 0 aliphatic rings. The summed E-state index contributed by atoms with van der Waals surface area (Å²) in [6, 6.07) is 23.7. The zero-order chi connectivity index (χ0) is 58.3. The van der Waals surface area contributed by atoms with Crippen molar-refractivity contribution in [2.24, 2.45) is 5.73 Å². The molecule has 1 atom stereocenters. The van der Waals surface area contributed by atoms with Crippen LogP contribution in [-0.2, 0) is 14.8 Å². The molecule has 79 heavy (non-hydrogen) atoms. The topological polar surface area (TPSA) is 293 Å². The number of aliphatic hydroxyl groups is 1. The summed E-state index contributed by atoms with van der Waals surface area (Å²) < 4.78 is 32.2. The van der Waals surface area contributed by atoms with Gasteiger partial charge in [0, 0.05) is 93.7 Å². The van der Waals surface area contributed by atoms with Gasteiger partial charge >= 0.3 is 17.9 Å². The summed E-state index contributed by atoms with van der Waals surface area (Å²) in [6.07, 6.45) is 9.17. The summed E-state index contributed by atoms with van der Waals surface area (Å²) in [4.78, 5) is 52.1. The van der Waals surface area contributed by atoms with Gasteiger partial charge in [0.2, 0.25) is 0 Å². The Balaban J connectivity index is 0.000000205. The SMILES string of the molecule is CC(C)Nc1cc(-c2c[nH]c(C(=O)O)c2)c(Cl)cn1.CC(C)Nc1cc(-c2c[nH]c(C(=O)O)c2)c(Cl)cn1.COC(=O)c1cc(-c2cc(NC(C)C)ncc2Cl)cn1S(=O)(=O)c1ccc(C)cc1.N[C@H](CO)c1cccc(Cl)c1. The van der Waals surface area contributed by atoms with E-state index in [1.54, 1.807) is 79.4 Å². The lowest BCUT2D eigenvalue weighted by atomic mass is 10.1. The highest BCUT2D eigenvalue weighted by atomic mass is 35.5. The molecule has 8 aromatic rings. The lowest BCUT2D eigenvalue weighted by Gasteiger charge is -2.11. The van der Waals surface area contributed by atoms with Crippen LogP contribution in [0.4, 0.5) is 17.5 Å². The summed E-state index contributed by atoms with van der Waals surface area (Å²) in [5.74, 6) is -0.797. The molecule has 0 amide bonds. The Morgan fingerprint density at radius 2 is 1.09 bits per heavy atom. The van der Waals surface area contributed by atoms with Crippen LogP contribution in [0.3, 0.4) is 0 Å². The first kappa shape index (κ1) is 62.4. The minimum atomic E-state index is -4.03. The number of ether oxygens (including phenoxy) is 1. The van der Waals surface area contributed by atoms with Crippen molar-refractivity contribution in [3.05, 3.63) is 170 Å². The zero-order valence-electron chi connectivity index (χ0n) is 44.1. The Bertz CT molecular complexity index is 3390. The highest BCUT2D eigenvalue weighted by Crippen LogP contribution is 2.34. The van der Waals surface area contributed by atoms with E-state index in [9.17, 15) is 22.8 Å². The van der Waals surface area contributed by atoms with E-state index in [0.717, 1.165) is 37.4 Å². The predicted octanol–water partition coefficient (Wildman–Crippen LogP) is 12.2. The number of H-pyrrole nitrogens is 2. The van der Waals surface area contributed by atoms with Gasteiger partial charge in [-0.2, -0.15) is 0 Å². The van der Waals surface area contributed by atoms with E-state index >= 15 is 0 Å². The number of halogens is 4. The third-order valence-electron chi connectivity index (χ3n) is 10.9. The molecule has 19 nitrogen and oxygen atoms in total. The standard InChI is InChI=1S/C21H22ClN3O4S.2C13H14ClN3O2.C8H10ClNO/c1-13(2)24-20-10-17(18(22)11-23-20)15-9-19(21(26)29-4)25(12-15)30(27,28)16-7-5-14(3)6-8-16;2*1-7(2)17-12-4-9(10(14)6-16-12)8-3-11(13(18)19)15-5-8;9-7-3-1-2-6(4-7)8(10)5-11/h5-13H,1-4H3,(H,23,24);2*3-7,15H,1-2H3,(H,16,17)(H,18,19);1-4,8,11H,5,10H2/t;;;8-/m...1/s1. The number of hydrogen-bond donors (Lipinski definition) is 9. The molecule has 418 valence electrons. The molecule has 0 aliphatic carbocycles. The second kappa shape index (κ2) is 28.4. The third kappa shape index (κ3) is 17.5. The van der Waals surface area contributed by atoms with E-state index in [4.69, 9.17) is 72.2 Å². The van der Waals surface area contributed by atoms with Crippen molar-refractivity contribution in [2.45, 2.75) is 77.5 Å². The number of carbonyl (C=O) groups excluding carboxylic acids is 1. The molecule has 0 spiro atoms. The first-order valence-electron chi connectivity index (χ1n) is 24.2. The van der Waals surface area contributed by atoms with Crippen molar-refractivity contribution in [3.8, 4) is 33.4 Å². The Kier molecular flexibility index (Phi) is 22.5. The Morgan fingerprint density at radius 3 is 1.46 bits per heavy atom. The number of esters is 1. The number of carbonyl (C=O) groups is 3. The van der Waals surface area contributed by atoms with Gasteiger partial charge in [-0.15, -0.1) is 0 Å². The number of carboxylic acid groups (broad SMARTS) is 2. The molecule has 0 fully saturated rings. The van der Waals surface area contributed by atoms with Crippen molar-refractivity contribution < 1.29 is 42.9 Å². The number of pyridine rings is 3. The van der Waals surface area contributed by atoms with Gasteiger partial charge in [0.05, 0.1) is 39.7 Å². The molecule has 24 heteroatoms. The highest BCUT2D eigenvalue weighted by molar-refractivity contribution is 7.90. The van der Waals surface area contributed by atoms with E-state index in [2.05, 4.69) is 40.9 Å². The number of aliphatic hydroxyl groups excluding tert-OH is 1. The Labute approximate surface area is 477 Å². The van der Waals surface area contributed by atoms with Gasteiger partial charge in [-0.1, -0.05) is 76.2 Å². The maximum absolute atomic E-state index is 13.2. The first-order valence-corrected chi connectivity index (χ1v) is 27.1. The van der Waals surface area contributed by atoms with Gasteiger partial charge in [-0.05, 0) is 115 Å². The molecule has 0 bridgehead atoms. The summed E-state index contributed by atoms with van der Waals surface area (Å²) in [7, 11) is -2.83. The van der Waals surface area contributed by atoms with Crippen molar-refractivity contribution in [1.82, 2.24) is 28.9 Å². The van der Waals surface area contributed by atoms with Crippen LogP contribution >= 0.6 is 46.4 Å². The Hall–Kier alpha value is -7.43. The molecule has 0 unspecified atom stereocenters. The number of nitrogens with two attached hydrogens (primary N) is 1. The number of hydrogen-bond acceptors (Lipinski definition) is 14. The fourth-order valence-electron chi connectivity index (χ4n) is 7.16. The molecule has 6 heterocycles. The van der Waals surface area contributed by atoms with Crippen LogP contribution in [0.1, 0.15) is 90.2 Å². The highest BCUT2D eigenvalue weighted by Gasteiger charge is 2.26. The van der Waals surface area contributed by atoms with Gasteiger partial charge < -0.3 is 51.7 Å². The zero-order valence-corrected chi connectivity index (χ0v) is 48.0. The van der Waals surface area contributed by atoms with Gasteiger partial charge in [0.1, 0.15) is 34.5 Å². The summed E-state index contributed by atoms with van der Waals surface area (Å²) in [5, 5.41) is 38.0. The molecule has 10 N–H and O–H groups in total. The molecule has 2 aromatic carbocycles. The van der Waals surface area contributed by atoms with Crippen molar-refractivity contribution in [2.75, 3.05) is 29.7 Å². The van der Waals surface area contributed by atoms with Crippen LogP contribution in [0, 0.1) is 6.92 Å². The van der Waals surface area contributed by atoms with E-state index < -0.39 is 27.9 Å². The van der Waals surface area contributed by atoms with Crippen molar-refractivity contribution >= 4 is 91.8 Å². The summed E-state index contributed by atoms with van der Waals surface area (Å²) >= 11 is 24.2. The molecule has 0 aliphatic heterocycles. The van der Waals surface area contributed by atoms with Crippen LogP contribution in [0.15, 0.2) is 127 Å². The molecule has 0 saturated heterocycles. The number of aryl methyl sites for hydroxylation is 1. The smallest absolute Gasteiger partial charge is 0.355 e. The van der Waals surface area contributed by atoms with Crippen LogP contribution in [-0.4, -0.2) is 102 Å². The number of carboxylic acids is 2. The number of methoxy groups -OCH3 is 1. The quantitative estimate of drug-likeness (QED) is 0.0406. The largest absolute Gasteiger partial charge is 0.477 e. The normalized spacial score (nSPS) is 11.4. The molecule has 0 radical (unpaired) electrons. The summed E-state index contributed by atoms with van der Waals surface area (Å²) in [6.45, 7) is 13.8. The van der Waals surface area contributed by atoms with Crippen molar-refractivity contribution in [1.29, 1.82) is 0 Å². The summed E-state index contributed by atoms with van der Waals surface area (Å²) in [5.41, 5.74) is 11.4. The van der Waals surface area contributed by atoms with E-state index in [1.807, 2.05) is 60.6 Å².